The second kappa shape index (κ2) is 5.21. The zero-order chi connectivity index (χ0) is 9.68. The van der Waals surface area contributed by atoms with E-state index in [1.807, 2.05) is 12.1 Å². The van der Waals surface area contributed by atoms with Crippen LogP contribution in [0.4, 0.5) is 0 Å². The summed E-state index contributed by atoms with van der Waals surface area (Å²) in [6.45, 7) is 4.22. The van der Waals surface area contributed by atoms with Crippen LogP contribution in [0.25, 0.3) is 0 Å². The van der Waals surface area contributed by atoms with E-state index in [2.05, 4.69) is 19.9 Å². The Labute approximate surface area is 80.9 Å². The molecule has 0 bridgehead atoms. The molecule has 1 aromatic carbocycles. The fraction of sp³-hybridized carbons (Fsp3) is 0.400. The quantitative estimate of drug-likeness (QED) is 0.754. The van der Waals surface area contributed by atoms with Gasteiger partial charge in [-0.3, -0.25) is 0 Å². The van der Waals surface area contributed by atoms with Gasteiger partial charge in [-0.1, -0.05) is 26.0 Å². The molecule has 1 unspecified atom stereocenters. The highest BCUT2D eigenvalue weighted by Gasteiger charge is 2.05. The van der Waals surface area contributed by atoms with Crippen LogP contribution < -0.4 is 4.52 Å². The van der Waals surface area contributed by atoms with E-state index in [0.29, 0.717) is 0 Å². The molecule has 13 heavy (non-hydrogen) atoms. The number of benzene rings is 1. The van der Waals surface area contributed by atoms with Crippen LogP contribution >= 0.6 is 9.03 Å². The lowest BCUT2D eigenvalue weighted by Crippen LogP contribution is -1.93. The van der Waals surface area contributed by atoms with Crippen molar-refractivity contribution in [1.82, 2.24) is 0 Å². The molecule has 0 radical (unpaired) electrons. The molecule has 0 fully saturated rings. The maximum absolute atomic E-state index is 8.71. The highest BCUT2D eigenvalue weighted by Crippen LogP contribution is 2.27. The fourth-order valence-electron chi connectivity index (χ4n) is 1.49. The molecule has 3 heteroatoms. The Hall–Kier alpha value is -0.590. The van der Waals surface area contributed by atoms with Crippen LogP contribution in [-0.4, -0.2) is 4.89 Å². The zero-order valence-corrected chi connectivity index (χ0v) is 9.00. The highest BCUT2D eigenvalue weighted by molar-refractivity contribution is 7.25. The van der Waals surface area contributed by atoms with E-state index < -0.39 is 9.03 Å². The van der Waals surface area contributed by atoms with E-state index in [0.717, 1.165) is 18.6 Å². The van der Waals surface area contributed by atoms with Gasteiger partial charge in [-0.2, -0.15) is 0 Å². The van der Waals surface area contributed by atoms with Gasteiger partial charge in [-0.15, -0.1) is 0 Å². The smallest absolute Gasteiger partial charge is 0.212 e. The summed E-state index contributed by atoms with van der Waals surface area (Å²) in [5.74, 6) is 0.822. The van der Waals surface area contributed by atoms with Gasteiger partial charge in [0.25, 0.3) is 0 Å². The van der Waals surface area contributed by atoms with Crippen molar-refractivity contribution < 1.29 is 9.42 Å². The molecule has 0 saturated carbocycles. The van der Waals surface area contributed by atoms with Crippen LogP contribution in [0.3, 0.4) is 0 Å². The molecule has 72 valence electrons. The minimum Gasteiger partial charge on any atom is -0.450 e. The molecule has 0 aliphatic carbocycles. The number of hydrogen-bond donors (Lipinski definition) is 1. The lowest BCUT2D eigenvalue weighted by Gasteiger charge is -2.11. The Balaban J connectivity index is 3.03. The molecule has 0 heterocycles. The van der Waals surface area contributed by atoms with Crippen LogP contribution in [0, 0.1) is 0 Å². The molecule has 1 aromatic rings. The molecule has 2 nitrogen and oxygen atoms in total. The average molecular weight is 198 g/mol. The molecule has 0 aromatic heterocycles. The largest absolute Gasteiger partial charge is 0.450 e. The van der Waals surface area contributed by atoms with Gasteiger partial charge in [0.1, 0.15) is 5.75 Å². The van der Waals surface area contributed by atoms with Gasteiger partial charge in [-0.05, 0) is 30.0 Å². The Bertz CT molecular complexity index is 274. The summed E-state index contributed by atoms with van der Waals surface area (Å²) < 4.78 is 5.15. The third-order valence-corrected chi connectivity index (χ3v) is 2.43. The topological polar surface area (TPSA) is 29.5 Å². The Morgan fingerprint density at radius 3 is 2.62 bits per heavy atom. The molecular formula is C10H15O2P. The van der Waals surface area contributed by atoms with E-state index in [4.69, 9.17) is 9.42 Å². The van der Waals surface area contributed by atoms with Crippen LogP contribution in [0.2, 0.25) is 0 Å². The van der Waals surface area contributed by atoms with E-state index in [-0.39, 0.29) is 0 Å². The molecule has 1 N–H and O–H groups in total. The first-order valence-corrected chi connectivity index (χ1v) is 5.35. The van der Waals surface area contributed by atoms with Crippen molar-refractivity contribution in [2.75, 3.05) is 0 Å². The fourth-order valence-corrected chi connectivity index (χ4v) is 1.78. The lowest BCUT2D eigenvalue weighted by molar-refractivity contribution is 0.510. The van der Waals surface area contributed by atoms with Gasteiger partial charge in [0.2, 0.25) is 9.03 Å². The minimum absolute atomic E-state index is 0.468. The van der Waals surface area contributed by atoms with Crippen LogP contribution in [0.1, 0.15) is 25.0 Å². The third-order valence-electron chi connectivity index (χ3n) is 2.12. The summed E-state index contributed by atoms with van der Waals surface area (Å²) in [5, 5.41) is 0. The average Bonchev–Trinajstić information content (AvgIpc) is 2.18. The van der Waals surface area contributed by atoms with Crippen molar-refractivity contribution in [3.05, 3.63) is 29.3 Å². The first-order chi connectivity index (χ1) is 6.33. The second-order valence-electron chi connectivity index (χ2n) is 2.79. The monoisotopic (exact) mass is 198 g/mol. The highest BCUT2D eigenvalue weighted by atomic mass is 31.1. The van der Waals surface area contributed by atoms with Crippen molar-refractivity contribution in [1.29, 1.82) is 0 Å². The SMILES string of the molecule is CCc1cccc(OPO)c1CC. The van der Waals surface area contributed by atoms with Gasteiger partial charge < -0.3 is 9.42 Å². The summed E-state index contributed by atoms with van der Waals surface area (Å²) in [5.41, 5.74) is 2.52. The van der Waals surface area contributed by atoms with Crippen molar-refractivity contribution in [3.8, 4) is 5.75 Å². The van der Waals surface area contributed by atoms with E-state index in [9.17, 15) is 0 Å². The first kappa shape index (κ1) is 10.5. The Morgan fingerprint density at radius 1 is 1.31 bits per heavy atom. The summed E-state index contributed by atoms with van der Waals surface area (Å²) in [7, 11) is -0.468. The molecule has 0 aliphatic heterocycles. The normalized spacial score (nSPS) is 11.0. The Morgan fingerprint density at radius 2 is 2.08 bits per heavy atom. The zero-order valence-electron chi connectivity index (χ0n) is 8.00. The third kappa shape index (κ3) is 2.43. The molecule has 0 amide bonds. The molecule has 1 rings (SSSR count). The summed E-state index contributed by atoms with van der Waals surface area (Å²) in [6.07, 6.45) is 1.96. The first-order valence-electron chi connectivity index (χ1n) is 4.50. The molecule has 0 saturated heterocycles. The summed E-state index contributed by atoms with van der Waals surface area (Å²) in [6, 6.07) is 5.97. The standard InChI is InChI=1S/C10H15O2P/c1-3-8-6-5-7-10(12-13-11)9(8)4-2/h5-7,11,13H,3-4H2,1-2H3. The molecule has 0 spiro atoms. The van der Waals surface area contributed by atoms with Gasteiger partial charge in [-0.25, -0.2) is 0 Å². The van der Waals surface area contributed by atoms with E-state index >= 15 is 0 Å². The summed E-state index contributed by atoms with van der Waals surface area (Å²) >= 11 is 0. The lowest BCUT2D eigenvalue weighted by atomic mass is 10.0. The van der Waals surface area contributed by atoms with Crippen molar-refractivity contribution in [2.45, 2.75) is 26.7 Å². The Kier molecular flexibility index (Phi) is 4.20. The van der Waals surface area contributed by atoms with Crippen molar-refractivity contribution in [3.63, 3.8) is 0 Å². The van der Waals surface area contributed by atoms with Gasteiger partial charge in [0, 0.05) is 0 Å². The number of aryl methyl sites for hydroxylation is 1. The summed E-state index contributed by atoms with van der Waals surface area (Å²) in [4.78, 5) is 8.71. The van der Waals surface area contributed by atoms with Gasteiger partial charge in [0.05, 0.1) is 0 Å². The van der Waals surface area contributed by atoms with Gasteiger partial charge in [0.15, 0.2) is 0 Å². The number of hydrogen-bond acceptors (Lipinski definition) is 2. The van der Waals surface area contributed by atoms with E-state index in [1.165, 1.54) is 11.1 Å². The van der Waals surface area contributed by atoms with E-state index in [1.54, 1.807) is 0 Å². The maximum Gasteiger partial charge on any atom is 0.212 e. The second-order valence-corrected chi connectivity index (χ2v) is 3.18. The van der Waals surface area contributed by atoms with Crippen molar-refractivity contribution >= 4 is 9.03 Å². The molecular weight excluding hydrogens is 183 g/mol. The van der Waals surface area contributed by atoms with Crippen LogP contribution in [0.15, 0.2) is 18.2 Å². The predicted molar refractivity (Wildman–Crippen MR) is 56.4 cm³/mol. The van der Waals surface area contributed by atoms with Crippen LogP contribution in [-0.2, 0) is 12.8 Å². The van der Waals surface area contributed by atoms with Gasteiger partial charge >= 0.3 is 0 Å². The molecule has 1 atom stereocenters. The van der Waals surface area contributed by atoms with Crippen molar-refractivity contribution in [2.24, 2.45) is 0 Å². The maximum atomic E-state index is 8.71. The predicted octanol–water partition coefficient (Wildman–Crippen LogP) is 2.69. The minimum atomic E-state index is -0.468. The van der Waals surface area contributed by atoms with Crippen LogP contribution in [0.5, 0.6) is 5.75 Å². The molecule has 0 aliphatic rings. The number of rotatable bonds is 4.